The maximum absolute atomic E-state index is 2.65. The molecule has 0 aliphatic carbocycles. The van der Waals surface area contributed by atoms with Crippen LogP contribution in [0.4, 0.5) is 0 Å². The second-order valence-electron chi connectivity index (χ2n) is 5.09. The third-order valence-corrected chi connectivity index (χ3v) is 3.63. The highest BCUT2D eigenvalue weighted by Gasteiger charge is 2.33. The summed E-state index contributed by atoms with van der Waals surface area (Å²) >= 11 is 0. The van der Waals surface area contributed by atoms with Gasteiger partial charge < -0.3 is 4.57 Å². The van der Waals surface area contributed by atoms with Crippen molar-refractivity contribution in [2.75, 3.05) is 6.54 Å². The van der Waals surface area contributed by atoms with Crippen LogP contribution in [-0.4, -0.2) is 22.1 Å². The minimum atomic E-state index is 0.810. The van der Waals surface area contributed by atoms with Gasteiger partial charge in [0, 0.05) is 37.6 Å². The SMILES string of the molecule is Cc1cc2n(c1)C[C@@H]1C[C@@H](C)CN1C2. The summed E-state index contributed by atoms with van der Waals surface area (Å²) in [5, 5.41) is 0. The molecule has 0 amide bonds. The van der Waals surface area contributed by atoms with Crippen molar-refractivity contribution in [2.45, 2.75) is 39.4 Å². The zero-order valence-corrected chi connectivity index (χ0v) is 9.03. The third kappa shape index (κ3) is 1.21. The monoisotopic (exact) mass is 190 g/mol. The molecule has 3 rings (SSSR count). The standard InChI is InChI=1S/C12H18N2/c1-9-3-11-7-14-6-10(2)4-12(14)8-13(11)5-9/h3,5,10,12H,4,6-8H2,1-2H3/t10-,12+/m1/s1. The van der Waals surface area contributed by atoms with Crippen LogP contribution in [0.15, 0.2) is 12.3 Å². The number of rotatable bonds is 0. The summed E-state index contributed by atoms with van der Waals surface area (Å²) in [7, 11) is 0. The van der Waals surface area contributed by atoms with E-state index in [1.54, 1.807) is 0 Å². The van der Waals surface area contributed by atoms with Crippen molar-refractivity contribution in [3.63, 3.8) is 0 Å². The average molecular weight is 190 g/mol. The Morgan fingerprint density at radius 3 is 3.07 bits per heavy atom. The van der Waals surface area contributed by atoms with E-state index in [1.807, 2.05) is 0 Å². The zero-order valence-electron chi connectivity index (χ0n) is 9.03. The van der Waals surface area contributed by atoms with Crippen LogP contribution in [0.1, 0.15) is 24.6 Å². The Kier molecular flexibility index (Phi) is 1.75. The maximum atomic E-state index is 2.65. The summed E-state index contributed by atoms with van der Waals surface area (Å²) in [6, 6.07) is 3.14. The Balaban J connectivity index is 1.90. The van der Waals surface area contributed by atoms with Gasteiger partial charge in [0.25, 0.3) is 0 Å². The molecular formula is C12H18N2. The molecule has 0 spiro atoms. The number of fused-ring (bicyclic) bond motifs is 2. The molecule has 2 nitrogen and oxygen atoms in total. The molecule has 0 saturated carbocycles. The second-order valence-corrected chi connectivity index (χ2v) is 5.09. The molecular weight excluding hydrogens is 172 g/mol. The molecule has 2 aliphatic rings. The second kappa shape index (κ2) is 2.86. The van der Waals surface area contributed by atoms with Crippen LogP contribution in [0, 0.1) is 12.8 Å². The molecule has 76 valence electrons. The Morgan fingerprint density at radius 2 is 2.21 bits per heavy atom. The molecule has 2 heteroatoms. The minimum absolute atomic E-state index is 0.810. The quantitative estimate of drug-likeness (QED) is 0.607. The van der Waals surface area contributed by atoms with Gasteiger partial charge in [-0.15, -0.1) is 0 Å². The van der Waals surface area contributed by atoms with Crippen LogP contribution in [0.2, 0.25) is 0 Å². The normalized spacial score (nSPS) is 31.6. The van der Waals surface area contributed by atoms with Gasteiger partial charge in [0.05, 0.1) is 0 Å². The molecule has 0 radical (unpaired) electrons. The fourth-order valence-electron chi connectivity index (χ4n) is 3.07. The van der Waals surface area contributed by atoms with Crippen LogP contribution in [0.3, 0.4) is 0 Å². The van der Waals surface area contributed by atoms with Crippen molar-refractivity contribution in [3.05, 3.63) is 23.5 Å². The Bertz CT molecular complexity index is 322. The van der Waals surface area contributed by atoms with E-state index in [0.29, 0.717) is 0 Å². The lowest BCUT2D eigenvalue weighted by atomic mass is 10.1. The Morgan fingerprint density at radius 1 is 1.36 bits per heavy atom. The number of hydrogen-bond acceptors (Lipinski definition) is 1. The van der Waals surface area contributed by atoms with Crippen molar-refractivity contribution >= 4 is 0 Å². The van der Waals surface area contributed by atoms with Crippen molar-refractivity contribution in [1.82, 2.24) is 9.47 Å². The highest BCUT2D eigenvalue weighted by Crippen LogP contribution is 2.30. The molecule has 1 aromatic heterocycles. The molecule has 1 aromatic rings. The van der Waals surface area contributed by atoms with Gasteiger partial charge in [-0.2, -0.15) is 0 Å². The first-order valence-corrected chi connectivity index (χ1v) is 5.62. The lowest BCUT2D eigenvalue weighted by molar-refractivity contribution is 0.188. The molecule has 0 unspecified atom stereocenters. The average Bonchev–Trinajstić information content (AvgIpc) is 2.59. The largest absolute Gasteiger partial charge is 0.348 e. The van der Waals surface area contributed by atoms with E-state index in [9.17, 15) is 0 Å². The van der Waals surface area contributed by atoms with E-state index in [-0.39, 0.29) is 0 Å². The molecule has 3 heterocycles. The van der Waals surface area contributed by atoms with Gasteiger partial charge in [-0.25, -0.2) is 0 Å². The molecule has 0 aromatic carbocycles. The van der Waals surface area contributed by atoms with Crippen LogP contribution in [0.25, 0.3) is 0 Å². The van der Waals surface area contributed by atoms with Gasteiger partial charge in [-0.1, -0.05) is 6.92 Å². The number of nitrogens with zero attached hydrogens (tertiary/aromatic N) is 2. The third-order valence-electron chi connectivity index (χ3n) is 3.63. The van der Waals surface area contributed by atoms with Crippen molar-refractivity contribution in [2.24, 2.45) is 5.92 Å². The predicted octanol–water partition coefficient (Wildman–Crippen LogP) is 2.02. The van der Waals surface area contributed by atoms with Gasteiger partial charge in [0.15, 0.2) is 0 Å². The number of aromatic nitrogens is 1. The first-order chi connectivity index (χ1) is 6.72. The van der Waals surface area contributed by atoms with Gasteiger partial charge in [0.2, 0.25) is 0 Å². The van der Waals surface area contributed by atoms with Gasteiger partial charge >= 0.3 is 0 Å². The molecule has 2 atom stereocenters. The summed E-state index contributed by atoms with van der Waals surface area (Å²) in [5.74, 6) is 0.894. The molecule has 0 N–H and O–H groups in total. The topological polar surface area (TPSA) is 8.17 Å². The Labute approximate surface area is 85.5 Å². The molecule has 1 fully saturated rings. The van der Waals surface area contributed by atoms with Crippen molar-refractivity contribution < 1.29 is 0 Å². The van der Waals surface area contributed by atoms with E-state index in [1.165, 1.54) is 37.3 Å². The fourth-order valence-corrected chi connectivity index (χ4v) is 3.07. The minimum Gasteiger partial charge on any atom is -0.348 e. The zero-order chi connectivity index (χ0) is 9.71. The van der Waals surface area contributed by atoms with E-state index in [0.717, 1.165) is 12.0 Å². The van der Waals surface area contributed by atoms with E-state index < -0.39 is 0 Å². The summed E-state index contributed by atoms with van der Waals surface area (Å²) in [4.78, 5) is 2.65. The first kappa shape index (κ1) is 8.54. The summed E-state index contributed by atoms with van der Waals surface area (Å²) in [5.41, 5.74) is 2.92. The van der Waals surface area contributed by atoms with Crippen molar-refractivity contribution in [1.29, 1.82) is 0 Å². The highest BCUT2D eigenvalue weighted by molar-refractivity contribution is 5.19. The van der Waals surface area contributed by atoms with Gasteiger partial charge in [-0.3, -0.25) is 4.90 Å². The van der Waals surface area contributed by atoms with E-state index in [2.05, 4.69) is 35.6 Å². The molecule has 1 saturated heterocycles. The molecule has 14 heavy (non-hydrogen) atoms. The molecule has 2 aliphatic heterocycles. The lowest BCUT2D eigenvalue weighted by Crippen LogP contribution is -2.37. The van der Waals surface area contributed by atoms with Crippen LogP contribution < -0.4 is 0 Å². The lowest BCUT2D eigenvalue weighted by Gasteiger charge is -2.31. The summed E-state index contributed by atoms with van der Waals surface area (Å²) in [6.45, 7) is 8.25. The van der Waals surface area contributed by atoms with Crippen LogP contribution >= 0.6 is 0 Å². The number of hydrogen-bond donors (Lipinski definition) is 0. The summed E-state index contributed by atoms with van der Waals surface area (Å²) < 4.78 is 2.45. The van der Waals surface area contributed by atoms with E-state index in [4.69, 9.17) is 0 Å². The maximum Gasteiger partial charge on any atom is 0.0391 e. The predicted molar refractivity (Wildman–Crippen MR) is 57.1 cm³/mol. The smallest absolute Gasteiger partial charge is 0.0391 e. The van der Waals surface area contributed by atoms with Crippen LogP contribution in [-0.2, 0) is 13.1 Å². The summed E-state index contributed by atoms with van der Waals surface area (Å²) in [6.07, 6.45) is 3.69. The van der Waals surface area contributed by atoms with Gasteiger partial charge in [-0.05, 0) is 30.9 Å². The fraction of sp³-hybridized carbons (Fsp3) is 0.667. The highest BCUT2D eigenvalue weighted by atomic mass is 15.2. The Hall–Kier alpha value is -0.760. The van der Waals surface area contributed by atoms with Crippen molar-refractivity contribution in [3.8, 4) is 0 Å². The molecule has 0 bridgehead atoms. The number of aryl methyl sites for hydroxylation is 1. The van der Waals surface area contributed by atoms with E-state index >= 15 is 0 Å². The first-order valence-electron chi connectivity index (χ1n) is 5.62. The van der Waals surface area contributed by atoms with Crippen LogP contribution in [0.5, 0.6) is 0 Å². The van der Waals surface area contributed by atoms with Gasteiger partial charge in [0.1, 0.15) is 0 Å².